The molecule has 2 amide bonds. The van der Waals surface area contributed by atoms with Gasteiger partial charge < -0.3 is 15.8 Å². The van der Waals surface area contributed by atoms with Gasteiger partial charge in [0, 0.05) is 18.7 Å². The first-order valence-corrected chi connectivity index (χ1v) is 6.30. The topological polar surface area (TPSA) is 142 Å². The molecule has 0 aliphatic rings. The third-order valence-electron chi connectivity index (χ3n) is 3.06. The smallest absolute Gasteiger partial charge is 0.311 e. The number of methoxy groups -OCH3 is 1. The Morgan fingerprint density at radius 3 is 2.70 bits per heavy atom. The zero-order valence-electron chi connectivity index (χ0n) is 12.3. The summed E-state index contributed by atoms with van der Waals surface area (Å²) in [7, 11) is 2.78. The van der Waals surface area contributed by atoms with Gasteiger partial charge in [-0.05, 0) is 12.1 Å². The lowest BCUT2D eigenvalue weighted by molar-refractivity contribution is -0.385. The average molecular weight is 319 g/mol. The number of nitrogens with zero attached hydrogens (tertiary/aromatic N) is 3. The fourth-order valence-electron chi connectivity index (χ4n) is 1.99. The van der Waals surface area contributed by atoms with E-state index in [1.165, 1.54) is 37.2 Å². The molecule has 10 nitrogen and oxygen atoms in total. The fraction of sp³-hybridized carbons (Fsp3) is 0.154. The highest BCUT2D eigenvalue weighted by Gasteiger charge is 2.20. The number of aryl methyl sites for hydroxylation is 1. The number of carbonyl (C=O) groups is 2. The molecule has 0 bridgehead atoms. The Hall–Kier alpha value is -3.43. The lowest BCUT2D eigenvalue weighted by Gasteiger charge is -2.07. The maximum atomic E-state index is 12.2. The van der Waals surface area contributed by atoms with Crippen molar-refractivity contribution in [2.75, 3.05) is 12.4 Å². The van der Waals surface area contributed by atoms with Crippen molar-refractivity contribution in [3.05, 3.63) is 45.8 Å². The van der Waals surface area contributed by atoms with Crippen LogP contribution >= 0.6 is 0 Å². The molecule has 1 heterocycles. The second-order valence-corrected chi connectivity index (χ2v) is 4.49. The molecule has 2 aromatic rings. The molecular weight excluding hydrogens is 306 g/mol. The zero-order chi connectivity index (χ0) is 17.1. The normalized spacial score (nSPS) is 10.2. The number of nitrogens with two attached hydrogens (primary N) is 1. The van der Waals surface area contributed by atoms with E-state index in [0.29, 0.717) is 0 Å². The maximum Gasteiger partial charge on any atom is 0.311 e. The number of nitrogens with one attached hydrogen (secondary N) is 1. The highest BCUT2D eigenvalue weighted by molar-refractivity contribution is 6.08. The largest absolute Gasteiger partial charge is 0.490 e. The highest BCUT2D eigenvalue weighted by atomic mass is 16.6. The Balaban J connectivity index is 2.33. The molecule has 1 aromatic carbocycles. The molecule has 0 atom stereocenters. The van der Waals surface area contributed by atoms with Gasteiger partial charge in [0.05, 0.1) is 23.9 Å². The van der Waals surface area contributed by atoms with Crippen molar-refractivity contribution in [2.45, 2.75) is 0 Å². The van der Waals surface area contributed by atoms with E-state index in [1.54, 1.807) is 0 Å². The molecule has 2 rings (SSSR count). The number of aromatic nitrogens is 2. The van der Waals surface area contributed by atoms with E-state index in [4.69, 9.17) is 10.5 Å². The van der Waals surface area contributed by atoms with Crippen LogP contribution in [-0.2, 0) is 7.05 Å². The summed E-state index contributed by atoms with van der Waals surface area (Å²) in [6.07, 6.45) is 1.26. The minimum Gasteiger partial charge on any atom is -0.490 e. The van der Waals surface area contributed by atoms with Crippen LogP contribution < -0.4 is 15.8 Å². The van der Waals surface area contributed by atoms with Crippen molar-refractivity contribution in [1.82, 2.24) is 9.78 Å². The fourth-order valence-corrected chi connectivity index (χ4v) is 1.99. The molecule has 0 spiro atoms. The van der Waals surface area contributed by atoms with Crippen molar-refractivity contribution in [2.24, 2.45) is 12.8 Å². The van der Waals surface area contributed by atoms with Gasteiger partial charge in [0.2, 0.25) is 0 Å². The first kappa shape index (κ1) is 15.9. The number of anilines is 1. The van der Waals surface area contributed by atoms with E-state index < -0.39 is 16.7 Å². The standard InChI is InChI=1S/C13H13N5O5/c1-17-11(12(14)19)8(6-15-17)16-13(20)7-3-4-10(23-2)9(5-7)18(21)22/h3-6H,1-2H3,(H2,14,19)(H,16,20). The van der Waals surface area contributed by atoms with Crippen LogP contribution in [0.4, 0.5) is 11.4 Å². The second kappa shape index (κ2) is 6.13. The van der Waals surface area contributed by atoms with Crippen LogP contribution in [-0.4, -0.2) is 33.6 Å². The van der Waals surface area contributed by atoms with Gasteiger partial charge in [0.1, 0.15) is 5.69 Å². The monoisotopic (exact) mass is 319 g/mol. The lowest BCUT2D eigenvalue weighted by atomic mass is 10.1. The molecule has 120 valence electrons. The summed E-state index contributed by atoms with van der Waals surface area (Å²) in [5.74, 6) is -1.38. The molecule has 0 radical (unpaired) electrons. The zero-order valence-corrected chi connectivity index (χ0v) is 12.3. The number of carbonyl (C=O) groups excluding carboxylic acids is 2. The maximum absolute atomic E-state index is 12.2. The summed E-state index contributed by atoms with van der Waals surface area (Å²) in [4.78, 5) is 33.9. The van der Waals surface area contributed by atoms with Gasteiger partial charge >= 0.3 is 5.69 Å². The second-order valence-electron chi connectivity index (χ2n) is 4.49. The highest BCUT2D eigenvalue weighted by Crippen LogP contribution is 2.28. The summed E-state index contributed by atoms with van der Waals surface area (Å²) >= 11 is 0. The van der Waals surface area contributed by atoms with Crippen LogP contribution in [0, 0.1) is 10.1 Å². The van der Waals surface area contributed by atoms with Gasteiger partial charge in [-0.1, -0.05) is 0 Å². The van der Waals surface area contributed by atoms with Gasteiger partial charge in [0.15, 0.2) is 5.75 Å². The predicted octanol–water partition coefficient (Wildman–Crippen LogP) is 0.688. The summed E-state index contributed by atoms with van der Waals surface area (Å²) < 4.78 is 6.08. The number of hydrogen-bond donors (Lipinski definition) is 2. The molecule has 0 aliphatic carbocycles. The third kappa shape index (κ3) is 3.10. The van der Waals surface area contributed by atoms with E-state index in [2.05, 4.69) is 10.4 Å². The van der Waals surface area contributed by atoms with Crippen molar-refractivity contribution >= 4 is 23.2 Å². The van der Waals surface area contributed by atoms with Crippen molar-refractivity contribution < 1.29 is 19.2 Å². The van der Waals surface area contributed by atoms with Crippen LogP contribution in [0.15, 0.2) is 24.4 Å². The van der Waals surface area contributed by atoms with Gasteiger partial charge in [0.25, 0.3) is 11.8 Å². The molecular formula is C13H13N5O5. The number of benzene rings is 1. The van der Waals surface area contributed by atoms with Crippen molar-refractivity contribution in [1.29, 1.82) is 0 Å². The first-order chi connectivity index (χ1) is 10.8. The number of amides is 2. The number of rotatable bonds is 5. The van der Waals surface area contributed by atoms with E-state index in [9.17, 15) is 19.7 Å². The van der Waals surface area contributed by atoms with Crippen LogP contribution in [0.2, 0.25) is 0 Å². The predicted molar refractivity (Wildman–Crippen MR) is 79.3 cm³/mol. The Bertz CT molecular complexity index is 798. The number of nitro benzene ring substituents is 1. The summed E-state index contributed by atoms with van der Waals surface area (Å²) in [6.45, 7) is 0. The van der Waals surface area contributed by atoms with E-state index in [1.807, 2.05) is 0 Å². The Morgan fingerprint density at radius 1 is 1.43 bits per heavy atom. The lowest BCUT2D eigenvalue weighted by Crippen LogP contribution is -2.20. The summed E-state index contributed by atoms with van der Waals surface area (Å²) in [5, 5.41) is 17.3. The van der Waals surface area contributed by atoms with Gasteiger partial charge in [-0.2, -0.15) is 5.10 Å². The first-order valence-electron chi connectivity index (χ1n) is 6.30. The number of nitro groups is 1. The minimum atomic E-state index is -0.763. The van der Waals surface area contributed by atoms with Crippen molar-refractivity contribution in [3.63, 3.8) is 0 Å². The Morgan fingerprint density at radius 2 is 2.13 bits per heavy atom. The van der Waals surface area contributed by atoms with Gasteiger partial charge in [-0.15, -0.1) is 0 Å². The van der Waals surface area contributed by atoms with Gasteiger partial charge in [-0.3, -0.25) is 24.4 Å². The van der Waals surface area contributed by atoms with E-state index in [0.717, 1.165) is 6.07 Å². The molecule has 0 unspecified atom stereocenters. The quantitative estimate of drug-likeness (QED) is 0.613. The van der Waals surface area contributed by atoms with Gasteiger partial charge in [-0.25, -0.2) is 0 Å². The summed E-state index contributed by atoms with van der Waals surface area (Å²) in [5.41, 5.74) is 5.03. The molecule has 10 heteroatoms. The Labute approximate surface area is 130 Å². The molecule has 0 fully saturated rings. The van der Waals surface area contributed by atoms with Crippen molar-refractivity contribution in [3.8, 4) is 5.75 Å². The molecule has 0 aliphatic heterocycles. The summed E-state index contributed by atoms with van der Waals surface area (Å²) in [6, 6.07) is 3.75. The SMILES string of the molecule is COc1ccc(C(=O)Nc2cnn(C)c2C(N)=O)cc1[N+](=O)[O-]. The molecule has 0 saturated carbocycles. The minimum absolute atomic E-state index is 0.0151. The number of primary amides is 1. The molecule has 1 aromatic heterocycles. The molecule has 3 N–H and O–H groups in total. The van der Waals surface area contributed by atoms with Crippen LogP contribution in [0.25, 0.3) is 0 Å². The number of ether oxygens (including phenoxy) is 1. The molecule has 0 saturated heterocycles. The van der Waals surface area contributed by atoms with Crippen LogP contribution in [0.1, 0.15) is 20.8 Å². The van der Waals surface area contributed by atoms with Crippen LogP contribution in [0.3, 0.4) is 0 Å². The number of hydrogen-bond acceptors (Lipinski definition) is 6. The van der Waals surface area contributed by atoms with E-state index in [-0.39, 0.29) is 28.4 Å². The third-order valence-corrected chi connectivity index (χ3v) is 3.06. The van der Waals surface area contributed by atoms with Crippen LogP contribution in [0.5, 0.6) is 5.75 Å². The molecule has 23 heavy (non-hydrogen) atoms. The average Bonchev–Trinajstić information content (AvgIpc) is 2.87. The van der Waals surface area contributed by atoms with E-state index >= 15 is 0 Å². The Kier molecular flexibility index (Phi) is 4.25.